The molecule has 27 heavy (non-hydrogen) atoms. The lowest BCUT2D eigenvalue weighted by atomic mass is 10.2. The number of sulfonamides is 1. The molecule has 0 radical (unpaired) electrons. The first-order valence-corrected chi connectivity index (χ1v) is 10.2. The van der Waals surface area contributed by atoms with Crippen molar-refractivity contribution in [3.8, 4) is 10.6 Å². The summed E-state index contributed by atoms with van der Waals surface area (Å²) in [6, 6.07) is 15.1. The number of amides is 1. The third-order valence-electron chi connectivity index (χ3n) is 3.51. The van der Waals surface area contributed by atoms with Crippen LogP contribution in [0.25, 0.3) is 10.6 Å². The van der Waals surface area contributed by atoms with Crippen LogP contribution >= 0.6 is 11.3 Å². The second-order valence-corrected chi connectivity index (χ2v) is 8.14. The van der Waals surface area contributed by atoms with Gasteiger partial charge in [-0.2, -0.15) is 0 Å². The van der Waals surface area contributed by atoms with E-state index >= 15 is 0 Å². The van der Waals surface area contributed by atoms with Gasteiger partial charge in [0.25, 0.3) is 5.91 Å². The van der Waals surface area contributed by atoms with E-state index in [1.807, 2.05) is 30.3 Å². The van der Waals surface area contributed by atoms with E-state index in [1.54, 1.807) is 0 Å². The minimum absolute atomic E-state index is 0.0724. The average molecular weight is 400 g/mol. The van der Waals surface area contributed by atoms with E-state index in [0.29, 0.717) is 15.7 Å². The van der Waals surface area contributed by atoms with Crippen LogP contribution in [-0.2, 0) is 10.0 Å². The van der Waals surface area contributed by atoms with Crippen molar-refractivity contribution in [3.05, 3.63) is 72.8 Å². The maximum Gasteiger partial charge on any atom is 0.257 e. The van der Waals surface area contributed by atoms with Gasteiger partial charge in [0, 0.05) is 17.7 Å². The molecule has 1 aromatic heterocycles. The Morgan fingerprint density at radius 3 is 2.44 bits per heavy atom. The summed E-state index contributed by atoms with van der Waals surface area (Å²) in [7, 11) is -3.62. The van der Waals surface area contributed by atoms with Crippen molar-refractivity contribution in [2.75, 3.05) is 11.9 Å². The molecule has 0 aliphatic heterocycles. The maximum atomic E-state index is 12.3. The molecule has 0 saturated carbocycles. The molecule has 1 heterocycles. The highest BCUT2D eigenvalue weighted by Gasteiger charge is 2.15. The molecule has 0 saturated heterocycles. The van der Waals surface area contributed by atoms with Gasteiger partial charge in [0.2, 0.25) is 15.2 Å². The van der Waals surface area contributed by atoms with Crippen LogP contribution < -0.4 is 10.0 Å². The Hall–Kier alpha value is -2.88. The molecule has 0 bridgehead atoms. The smallest absolute Gasteiger partial charge is 0.257 e. The second-order valence-electron chi connectivity index (χ2n) is 5.40. The van der Waals surface area contributed by atoms with E-state index in [-0.39, 0.29) is 11.4 Å². The van der Waals surface area contributed by atoms with Crippen LogP contribution in [0.4, 0.5) is 5.13 Å². The SMILES string of the molecule is C=CCNS(=O)(=O)c1ccc(C(=O)Nc2nnc(-c3ccccc3)s2)cc1. The van der Waals surface area contributed by atoms with Crippen molar-refractivity contribution in [1.29, 1.82) is 0 Å². The molecule has 2 aromatic carbocycles. The minimum atomic E-state index is -3.62. The van der Waals surface area contributed by atoms with Gasteiger partial charge in [-0.25, -0.2) is 13.1 Å². The zero-order valence-corrected chi connectivity index (χ0v) is 15.8. The Kier molecular flexibility index (Phi) is 5.75. The molecule has 0 atom stereocenters. The zero-order valence-electron chi connectivity index (χ0n) is 14.1. The van der Waals surface area contributed by atoms with Gasteiger partial charge in [0.05, 0.1) is 4.90 Å². The number of nitrogens with one attached hydrogen (secondary N) is 2. The number of carbonyl (C=O) groups is 1. The first-order chi connectivity index (χ1) is 13.0. The summed E-state index contributed by atoms with van der Waals surface area (Å²) < 4.78 is 26.4. The molecule has 0 aliphatic carbocycles. The molecule has 7 nitrogen and oxygen atoms in total. The standard InChI is InChI=1S/C18H16N4O3S2/c1-2-12-19-27(24,25)15-10-8-13(9-11-15)16(23)20-18-22-21-17(26-18)14-6-4-3-5-7-14/h2-11,19H,1,12H2,(H,20,22,23). The summed E-state index contributed by atoms with van der Waals surface area (Å²) in [5, 5.41) is 11.8. The summed E-state index contributed by atoms with van der Waals surface area (Å²) in [5.41, 5.74) is 1.23. The molecule has 0 aliphatic rings. The van der Waals surface area contributed by atoms with Crippen LogP contribution in [0.3, 0.4) is 0 Å². The number of hydrogen-bond acceptors (Lipinski definition) is 6. The van der Waals surface area contributed by atoms with Crippen molar-refractivity contribution in [2.24, 2.45) is 0 Å². The fourth-order valence-corrected chi connectivity index (χ4v) is 3.92. The van der Waals surface area contributed by atoms with Gasteiger partial charge in [-0.15, -0.1) is 16.8 Å². The Bertz CT molecular complexity index is 1050. The Morgan fingerprint density at radius 1 is 1.07 bits per heavy atom. The molecule has 2 N–H and O–H groups in total. The normalized spacial score (nSPS) is 11.1. The first kappa shape index (κ1) is 18.9. The first-order valence-electron chi connectivity index (χ1n) is 7.90. The molecular formula is C18H16N4O3S2. The number of rotatable bonds is 7. The summed E-state index contributed by atoms with van der Waals surface area (Å²) in [5.74, 6) is -0.395. The number of nitrogens with zero attached hydrogens (tertiary/aromatic N) is 2. The van der Waals surface area contributed by atoms with Crippen molar-refractivity contribution >= 4 is 32.4 Å². The molecule has 3 aromatic rings. The molecule has 1 amide bonds. The van der Waals surface area contributed by atoms with Gasteiger partial charge in [-0.1, -0.05) is 47.7 Å². The molecule has 9 heteroatoms. The summed E-state index contributed by atoms with van der Waals surface area (Å²) >= 11 is 1.26. The third-order valence-corrected chi connectivity index (χ3v) is 5.84. The Morgan fingerprint density at radius 2 is 1.78 bits per heavy atom. The molecular weight excluding hydrogens is 384 g/mol. The number of hydrogen-bond donors (Lipinski definition) is 2. The van der Waals surface area contributed by atoms with Gasteiger partial charge >= 0.3 is 0 Å². The second kappa shape index (κ2) is 8.21. The molecule has 3 rings (SSSR count). The van der Waals surface area contributed by atoms with Crippen LogP contribution in [0.1, 0.15) is 10.4 Å². The van der Waals surface area contributed by atoms with Gasteiger partial charge in [-0.3, -0.25) is 10.1 Å². The number of aromatic nitrogens is 2. The highest BCUT2D eigenvalue weighted by molar-refractivity contribution is 7.89. The van der Waals surface area contributed by atoms with Crippen molar-refractivity contribution in [3.63, 3.8) is 0 Å². The number of anilines is 1. The van der Waals surface area contributed by atoms with Crippen LogP contribution in [0.2, 0.25) is 0 Å². The highest BCUT2D eigenvalue weighted by Crippen LogP contribution is 2.26. The van der Waals surface area contributed by atoms with E-state index < -0.39 is 15.9 Å². The van der Waals surface area contributed by atoms with Gasteiger partial charge < -0.3 is 0 Å². The summed E-state index contributed by atoms with van der Waals surface area (Å²) in [6.45, 7) is 3.60. The van der Waals surface area contributed by atoms with Gasteiger partial charge in [0.15, 0.2) is 0 Å². The van der Waals surface area contributed by atoms with Crippen LogP contribution in [0, 0.1) is 0 Å². The summed E-state index contributed by atoms with van der Waals surface area (Å²) in [6.07, 6.45) is 1.45. The van der Waals surface area contributed by atoms with Crippen molar-refractivity contribution in [2.45, 2.75) is 4.90 Å². The molecule has 0 unspecified atom stereocenters. The predicted octanol–water partition coefficient (Wildman–Crippen LogP) is 2.92. The van der Waals surface area contributed by atoms with Crippen LogP contribution in [0.5, 0.6) is 0 Å². The minimum Gasteiger partial charge on any atom is -0.296 e. The average Bonchev–Trinajstić information content (AvgIpc) is 3.16. The van der Waals surface area contributed by atoms with E-state index in [4.69, 9.17) is 0 Å². The fraction of sp³-hybridized carbons (Fsp3) is 0.0556. The fourth-order valence-electron chi connectivity index (χ4n) is 2.18. The third kappa shape index (κ3) is 4.64. The lowest BCUT2D eigenvalue weighted by molar-refractivity contribution is 0.102. The predicted molar refractivity (Wildman–Crippen MR) is 105 cm³/mol. The zero-order chi connectivity index (χ0) is 19.3. The Balaban J connectivity index is 1.70. The largest absolute Gasteiger partial charge is 0.296 e. The summed E-state index contributed by atoms with van der Waals surface area (Å²) in [4.78, 5) is 12.4. The van der Waals surface area contributed by atoms with Crippen LogP contribution in [-0.4, -0.2) is 31.1 Å². The molecule has 138 valence electrons. The monoisotopic (exact) mass is 400 g/mol. The van der Waals surface area contributed by atoms with Crippen molar-refractivity contribution in [1.82, 2.24) is 14.9 Å². The number of benzene rings is 2. The lowest BCUT2D eigenvalue weighted by Crippen LogP contribution is -2.23. The van der Waals surface area contributed by atoms with E-state index in [1.165, 1.54) is 41.7 Å². The lowest BCUT2D eigenvalue weighted by Gasteiger charge is -2.06. The van der Waals surface area contributed by atoms with Crippen LogP contribution in [0.15, 0.2) is 72.1 Å². The highest BCUT2D eigenvalue weighted by atomic mass is 32.2. The Labute approximate surface area is 160 Å². The topological polar surface area (TPSA) is 101 Å². The van der Waals surface area contributed by atoms with Crippen molar-refractivity contribution < 1.29 is 13.2 Å². The number of carbonyl (C=O) groups excluding carboxylic acids is 1. The van der Waals surface area contributed by atoms with Gasteiger partial charge in [-0.05, 0) is 24.3 Å². The van der Waals surface area contributed by atoms with E-state index in [9.17, 15) is 13.2 Å². The maximum absolute atomic E-state index is 12.3. The molecule has 0 fully saturated rings. The van der Waals surface area contributed by atoms with Gasteiger partial charge in [0.1, 0.15) is 5.01 Å². The molecule has 0 spiro atoms. The van der Waals surface area contributed by atoms with E-state index in [2.05, 4.69) is 26.8 Å². The quantitative estimate of drug-likeness (QED) is 0.594. The van der Waals surface area contributed by atoms with E-state index in [0.717, 1.165) is 5.56 Å².